The average Bonchev–Trinajstić information content (AvgIpc) is 3.07. The molecule has 6 atom stereocenters. The first-order valence-corrected chi connectivity index (χ1v) is 20.9. The van der Waals surface area contributed by atoms with E-state index in [0.29, 0.717) is 17.9 Å². The van der Waals surface area contributed by atoms with E-state index in [1.54, 1.807) is 5.56 Å². The summed E-state index contributed by atoms with van der Waals surface area (Å²) in [5.41, 5.74) is 9.69. The van der Waals surface area contributed by atoms with Gasteiger partial charge in [0.05, 0.1) is 6.10 Å². The van der Waals surface area contributed by atoms with Gasteiger partial charge in [-0.05, 0) is 134 Å². The van der Waals surface area contributed by atoms with Crippen LogP contribution in [0.2, 0.25) is 36.3 Å². The van der Waals surface area contributed by atoms with Crippen LogP contribution in [0, 0.1) is 23.2 Å². The van der Waals surface area contributed by atoms with Gasteiger partial charge >= 0.3 is 0 Å². The minimum atomic E-state index is -1.85. The highest BCUT2D eigenvalue weighted by Crippen LogP contribution is 2.64. The molecule has 0 unspecified atom stereocenters. The lowest BCUT2D eigenvalue weighted by molar-refractivity contribution is -0.0440. The molecule has 0 saturated heterocycles. The second kappa shape index (κ2) is 9.78. The summed E-state index contributed by atoms with van der Waals surface area (Å²) in [5.74, 6) is 3.88. The van der Waals surface area contributed by atoms with Gasteiger partial charge in [-0.15, -0.1) is 0 Å². The highest BCUT2D eigenvalue weighted by atomic mass is 28.4. The summed E-state index contributed by atoms with van der Waals surface area (Å²) in [6, 6.07) is 7.13. The topological polar surface area (TPSA) is 44.5 Å². The van der Waals surface area contributed by atoms with Crippen molar-refractivity contribution in [1.82, 2.24) is 0 Å². The molecule has 0 bridgehead atoms. The molecule has 0 amide bonds. The molecular formula is C32H57NO2Si2. The van der Waals surface area contributed by atoms with Crippen molar-refractivity contribution < 1.29 is 8.85 Å². The van der Waals surface area contributed by atoms with Crippen molar-refractivity contribution >= 4 is 16.6 Å². The molecule has 0 radical (unpaired) electrons. The Morgan fingerprint density at radius 2 is 1.59 bits per heavy atom. The third-order valence-electron chi connectivity index (χ3n) is 11.7. The summed E-state index contributed by atoms with van der Waals surface area (Å²) in [5, 5.41) is 0.461. The smallest absolute Gasteiger partial charge is 0.250 e. The fourth-order valence-corrected chi connectivity index (χ4v) is 10.0. The van der Waals surface area contributed by atoms with Gasteiger partial charge in [-0.25, -0.2) is 0 Å². The van der Waals surface area contributed by atoms with Crippen LogP contribution in [0.5, 0.6) is 5.75 Å². The fraction of sp³-hybridized carbons (Fsp3) is 0.812. The zero-order chi connectivity index (χ0) is 27.6. The zero-order valence-corrected chi connectivity index (χ0v) is 28.0. The summed E-state index contributed by atoms with van der Waals surface area (Å²) in [7, 11) is -3.66. The van der Waals surface area contributed by atoms with Crippen molar-refractivity contribution in [3.05, 3.63) is 29.3 Å². The largest absolute Gasteiger partial charge is 0.543 e. The third-order valence-corrected chi connectivity index (χ3v) is 20.5. The summed E-state index contributed by atoms with van der Waals surface area (Å²) in [4.78, 5) is 0. The van der Waals surface area contributed by atoms with Gasteiger partial charge in [-0.2, -0.15) is 0 Å². The molecule has 0 heterocycles. The fourth-order valence-electron chi connectivity index (χ4n) is 7.55. The first-order valence-electron chi connectivity index (χ1n) is 15.1. The Morgan fingerprint density at radius 3 is 2.19 bits per heavy atom. The van der Waals surface area contributed by atoms with E-state index in [1.165, 1.54) is 37.7 Å². The van der Waals surface area contributed by atoms with Crippen LogP contribution in [-0.4, -0.2) is 29.3 Å². The molecule has 3 aliphatic rings. The Labute approximate surface area is 230 Å². The number of fused-ring (bicyclic) bond motifs is 5. The summed E-state index contributed by atoms with van der Waals surface area (Å²) >= 11 is 0. The van der Waals surface area contributed by atoms with E-state index in [9.17, 15) is 0 Å². The Balaban J connectivity index is 1.63. The lowest BCUT2D eigenvalue weighted by Gasteiger charge is -2.55. The van der Waals surface area contributed by atoms with E-state index in [4.69, 9.17) is 14.6 Å². The first-order chi connectivity index (χ1) is 16.9. The van der Waals surface area contributed by atoms with Gasteiger partial charge in [0.15, 0.2) is 8.32 Å². The van der Waals surface area contributed by atoms with E-state index < -0.39 is 16.6 Å². The second-order valence-corrected chi connectivity index (χ2v) is 25.5. The molecule has 2 N–H and O–H groups in total. The molecule has 210 valence electrons. The number of nitrogens with two attached hydrogens (primary N) is 1. The Morgan fingerprint density at radius 1 is 0.946 bits per heavy atom. The zero-order valence-electron chi connectivity index (χ0n) is 26.0. The molecular weight excluding hydrogens is 487 g/mol. The molecule has 0 spiro atoms. The summed E-state index contributed by atoms with van der Waals surface area (Å²) in [6.45, 7) is 27.1. The van der Waals surface area contributed by atoms with Gasteiger partial charge in [0.1, 0.15) is 5.75 Å². The van der Waals surface area contributed by atoms with Gasteiger partial charge < -0.3 is 14.6 Å². The lowest BCUT2D eigenvalue weighted by Crippen LogP contribution is -2.52. The first kappa shape index (κ1) is 29.4. The average molecular weight is 544 g/mol. The molecule has 1 aromatic carbocycles. The van der Waals surface area contributed by atoms with Gasteiger partial charge in [-0.1, -0.05) is 54.5 Å². The molecule has 0 aromatic heterocycles. The van der Waals surface area contributed by atoms with Crippen LogP contribution in [0.3, 0.4) is 0 Å². The van der Waals surface area contributed by atoms with Gasteiger partial charge in [0.2, 0.25) is 8.32 Å². The number of aryl methyl sites for hydroxylation is 1. The number of hydrogen-bond acceptors (Lipinski definition) is 3. The molecule has 1 aromatic rings. The predicted octanol–water partition coefficient (Wildman–Crippen LogP) is 8.89. The van der Waals surface area contributed by atoms with Crippen LogP contribution >= 0.6 is 0 Å². The van der Waals surface area contributed by atoms with Crippen molar-refractivity contribution in [3.8, 4) is 5.75 Å². The van der Waals surface area contributed by atoms with Crippen molar-refractivity contribution in [3.63, 3.8) is 0 Å². The minimum absolute atomic E-state index is 0.208. The van der Waals surface area contributed by atoms with E-state index >= 15 is 0 Å². The number of rotatable bonds is 6. The Bertz CT molecular complexity index is 976. The Kier molecular flexibility index (Phi) is 7.76. The van der Waals surface area contributed by atoms with E-state index in [-0.39, 0.29) is 15.5 Å². The van der Waals surface area contributed by atoms with Crippen LogP contribution in [-0.2, 0) is 10.8 Å². The third kappa shape index (κ3) is 5.28. The molecule has 5 heteroatoms. The molecule has 2 saturated carbocycles. The summed E-state index contributed by atoms with van der Waals surface area (Å²) < 4.78 is 13.9. The van der Waals surface area contributed by atoms with Gasteiger partial charge in [0, 0.05) is 0 Å². The highest BCUT2D eigenvalue weighted by Gasteiger charge is 2.59. The SMILES string of the molecule is CC(C)(C)[Si](C)(C)Oc1ccc2c(c1)CC[C@@H]1[C@@H]2[C@@H](CCN)C[C@]2(C)[C@@H](O[Si](C)(C)C(C)(C)C)CC[C@@H]12. The van der Waals surface area contributed by atoms with Crippen molar-refractivity contribution in [2.75, 3.05) is 6.54 Å². The van der Waals surface area contributed by atoms with Gasteiger partial charge in [0.25, 0.3) is 0 Å². The maximum atomic E-state index is 7.20. The van der Waals surface area contributed by atoms with E-state index in [2.05, 4.69) is 92.9 Å². The normalized spacial score (nSPS) is 32.5. The van der Waals surface area contributed by atoms with Gasteiger partial charge in [-0.3, -0.25) is 0 Å². The van der Waals surface area contributed by atoms with Crippen molar-refractivity contribution in [1.29, 1.82) is 0 Å². The maximum Gasteiger partial charge on any atom is 0.250 e. The predicted molar refractivity (Wildman–Crippen MR) is 163 cm³/mol. The molecule has 37 heavy (non-hydrogen) atoms. The number of benzene rings is 1. The minimum Gasteiger partial charge on any atom is -0.543 e. The highest BCUT2D eigenvalue weighted by molar-refractivity contribution is 6.75. The molecule has 3 nitrogen and oxygen atoms in total. The molecule has 4 rings (SSSR count). The van der Waals surface area contributed by atoms with Crippen LogP contribution in [0.4, 0.5) is 0 Å². The number of hydrogen-bond donors (Lipinski definition) is 1. The van der Waals surface area contributed by atoms with E-state index in [1.807, 2.05) is 0 Å². The monoisotopic (exact) mass is 543 g/mol. The standard InChI is InChI=1S/C32H57NO2Si2/c1-30(2,3)36(8,9)34-24-13-15-25-22(20-24)12-14-26-27-16-17-28(35-37(10,11)31(4,5)6)32(27,7)21-23(18-19-33)29(25)26/h13,15,20,23,26-29H,12,14,16-19,21,33H2,1-11H3/t23-,26-,27-,28-,29+,32-/m0/s1. The Hall–Kier alpha value is -0.626. The molecule has 3 aliphatic carbocycles. The maximum absolute atomic E-state index is 7.20. The van der Waals surface area contributed by atoms with Crippen molar-refractivity contribution in [2.24, 2.45) is 28.9 Å². The molecule has 0 aliphatic heterocycles. The van der Waals surface area contributed by atoms with Crippen molar-refractivity contribution in [2.45, 2.75) is 135 Å². The van der Waals surface area contributed by atoms with E-state index in [0.717, 1.165) is 30.6 Å². The van der Waals surface area contributed by atoms with Crippen LogP contribution in [0.25, 0.3) is 0 Å². The molecule has 2 fully saturated rings. The summed E-state index contributed by atoms with van der Waals surface area (Å²) in [6.07, 6.45) is 7.83. The van der Waals surface area contributed by atoms with Crippen LogP contribution in [0.15, 0.2) is 18.2 Å². The second-order valence-electron chi connectivity index (χ2n) is 16.0. The quantitative estimate of drug-likeness (QED) is 0.364. The van der Waals surface area contributed by atoms with Crippen LogP contribution in [0.1, 0.15) is 97.6 Å². The lowest BCUT2D eigenvalue weighted by atomic mass is 9.51. The van der Waals surface area contributed by atoms with Crippen LogP contribution < -0.4 is 10.2 Å².